The first-order chi connectivity index (χ1) is 12.3. The molecule has 4 aliphatic rings. The molecule has 0 saturated carbocycles. The normalized spacial score (nSPS) is 30.6. The smallest absolute Gasteiger partial charge is 0.193 e. The van der Waals surface area contributed by atoms with Crippen molar-refractivity contribution < 1.29 is 9.47 Å². The first kappa shape index (κ1) is 13.6. The summed E-state index contributed by atoms with van der Waals surface area (Å²) in [5, 5.41) is 0. The van der Waals surface area contributed by atoms with Crippen LogP contribution in [0.5, 0.6) is 0 Å². The summed E-state index contributed by atoms with van der Waals surface area (Å²) < 4.78 is 12.2. The topological polar surface area (TPSA) is 43.2 Å². The fourth-order valence-corrected chi connectivity index (χ4v) is 4.62. The summed E-state index contributed by atoms with van der Waals surface area (Å²) in [6.45, 7) is 0. The molecular formula is C21H18N2O2. The standard InChI is InChI=1S/C21H18N2O2/c1-3-7-14-12(5-1)9-16-20(14)22-18(24-16)11-19-23-21-15-8-4-2-6-13(15)10-17(21)25-19/h1-8,16-17,20-21H,9-11H2/t16-,17+,20-,21-/m1/s1. The lowest BCUT2D eigenvalue weighted by atomic mass is 10.1. The van der Waals surface area contributed by atoms with Crippen LogP contribution in [0.2, 0.25) is 0 Å². The minimum Gasteiger partial charge on any atom is -0.474 e. The highest BCUT2D eigenvalue weighted by molar-refractivity contribution is 5.98. The third-order valence-electron chi connectivity index (χ3n) is 5.74. The third-order valence-corrected chi connectivity index (χ3v) is 5.74. The van der Waals surface area contributed by atoms with Gasteiger partial charge in [-0.05, 0) is 22.3 Å². The van der Waals surface area contributed by atoms with Crippen molar-refractivity contribution in [2.24, 2.45) is 9.98 Å². The van der Waals surface area contributed by atoms with E-state index in [4.69, 9.17) is 19.5 Å². The zero-order valence-electron chi connectivity index (χ0n) is 13.8. The summed E-state index contributed by atoms with van der Waals surface area (Å²) >= 11 is 0. The van der Waals surface area contributed by atoms with Gasteiger partial charge in [-0.1, -0.05) is 48.5 Å². The van der Waals surface area contributed by atoms with E-state index >= 15 is 0 Å². The van der Waals surface area contributed by atoms with Gasteiger partial charge in [0, 0.05) is 12.8 Å². The first-order valence-electron chi connectivity index (χ1n) is 8.97. The van der Waals surface area contributed by atoms with Crippen molar-refractivity contribution in [1.29, 1.82) is 0 Å². The molecule has 0 bridgehead atoms. The van der Waals surface area contributed by atoms with Crippen molar-refractivity contribution in [3.63, 3.8) is 0 Å². The summed E-state index contributed by atoms with van der Waals surface area (Å²) in [7, 11) is 0. The van der Waals surface area contributed by atoms with Crippen LogP contribution in [0.25, 0.3) is 0 Å². The molecule has 2 aliphatic carbocycles. The van der Waals surface area contributed by atoms with Gasteiger partial charge in [0.05, 0.1) is 6.42 Å². The van der Waals surface area contributed by atoms with Gasteiger partial charge in [0.2, 0.25) is 0 Å². The molecule has 0 radical (unpaired) electrons. The van der Waals surface area contributed by atoms with Crippen LogP contribution in [0.15, 0.2) is 58.5 Å². The molecule has 4 heteroatoms. The Hall–Kier alpha value is -2.62. The predicted molar refractivity (Wildman–Crippen MR) is 95.0 cm³/mol. The average Bonchev–Trinajstić information content (AvgIpc) is 3.33. The molecule has 0 aromatic heterocycles. The van der Waals surface area contributed by atoms with Gasteiger partial charge in [-0.25, -0.2) is 9.98 Å². The summed E-state index contributed by atoms with van der Waals surface area (Å²) in [6, 6.07) is 17.3. The minimum atomic E-state index is 0.147. The van der Waals surface area contributed by atoms with Crippen molar-refractivity contribution in [2.45, 2.75) is 43.6 Å². The summed E-state index contributed by atoms with van der Waals surface area (Å²) in [5.41, 5.74) is 5.34. The van der Waals surface area contributed by atoms with E-state index in [9.17, 15) is 0 Å². The molecule has 124 valence electrons. The van der Waals surface area contributed by atoms with E-state index in [2.05, 4.69) is 48.5 Å². The van der Waals surface area contributed by atoms with E-state index in [-0.39, 0.29) is 24.3 Å². The van der Waals surface area contributed by atoms with Crippen LogP contribution < -0.4 is 0 Å². The van der Waals surface area contributed by atoms with Crippen LogP contribution in [0.1, 0.15) is 40.8 Å². The minimum absolute atomic E-state index is 0.147. The molecule has 0 N–H and O–H groups in total. The highest BCUT2D eigenvalue weighted by atomic mass is 16.5. The maximum Gasteiger partial charge on any atom is 0.193 e. The maximum absolute atomic E-state index is 6.11. The van der Waals surface area contributed by atoms with Gasteiger partial charge in [-0.15, -0.1) is 0 Å². The number of aliphatic imine (C=N–C) groups is 2. The van der Waals surface area contributed by atoms with Crippen LogP contribution in [-0.4, -0.2) is 24.0 Å². The molecule has 0 unspecified atom stereocenters. The van der Waals surface area contributed by atoms with Crippen LogP contribution in [0.4, 0.5) is 0 Å². The van der Waals surface area contributed by atoms with E-state index in [0.29, 0.717) is 6.42 Å². The number of hydrogen-bond donors (Lipinski definition) is 0. The molecule has 0 saturated heterocycles. The van der Waals surface area contributed by atoms with Gasteiger partial charge in [-0.3, -0.25) is 0 Å². The Morgan fingerprint density at radius 1 is 0.720 bits per heavy atom. The molecule has 4 nitrogen and oxygen atoms in total. The molecule has 2 heterocycles. The maximum atomic E-state index is 6.11. The van der Waals surface area contributed by atoms with E-state index in [1.807, 2.05) is 0 Å². The Labute approximate surface area is 146 Å². The summed E-state index contributed by atoms with van der Waals surface area (Å²) in [6.07, 6.45) is 2.76. The summed E-state index contributed by atoms with van der Waals surface area (Å²) in [4.78, 5) is 9.65. The fourth-order valence-electron chi connectivity index (χ4n) is 4.62. The number of ether oxygens (including phenoxy) is 2. The average molecular weight is 330 g/mol. The number of fused-ring (bicyclic) bond motifs is 6. The van der Waals surface area contributed by atoms with Crippen molar-refractivity contribution in [1.82, 2.24) is 0 Å². The van der Waals surface area contributed by atoms with E-state index in [1.165, 1.54) is 22.3 Å². The van der Waals surface area contributed by atoms with E-state index in [1.54, 1.807) is 0 Å². The Bertz CT molecular complexity index is 857. The molecule has 6 rings (SSSR count). The van der Waals surface area contributed by atoms with Crippen molar-refractivity contribution in [2.75, 3.05) is 0 Å². The molecule has 25 heavy (non-hydrogen) atoms. The third kappa shape index (κ3) is 2.00. The predicted octanol–water partition coefficient (Wildman–Crippen LogP) is 3.57. The molecule has 0 spiro atoms. The van der Waals surface area contributed by atoms with Crippen LogP contribution in [-0.2, 0) is 22.3 Å². The molecule has 4 atom stereocenters. The Balaban J connectivity index is 1.23. The highest BCUT2D eigenvalue weighted by Gasteiger charge is 2.42. The number of nitrogens with zero attached hydrogens (tertiary/aromatic N) is 2. The largest absolute Gasteiger partial charge is 0.474 e. The van der Waals surface area contributed by atoms with Gasteiger partial charge in [0.25, 0.3) is 0 Å². The Morgan fingerprint density at radius 2 is 1.20 bits per heavy atom. The number of hydrogen-bond acceptors (Lipinski definition) is 4. The molecule has 2 aliphatic heterocycles. The van der Waals surface area contributed by atoms with Crippen molar-refractivity contribution >= 4 is 11.8 Å². The zero-order valence-corrected chi connectivity index (χ0v) is 13.8. The van der Waals surface area contributed by atoms with Gasteiger partial charge < -0.3 is 9.47 Å². The molecule has 2 aromatic rings. The number of benzene rings is 2. The second-order valence-electron chi connectivity index (χ2n) is 7.23. The first-order valence-corrected chi connectivity index (χ1v) is 8.97. The van der Waals surface area contributed by atoms with E-state index < -0.39 is 0 Å². The Morgan fingerprint density at radius 3 is 1.72 bits per heavy atom. The van der Waals surface area contributed by atoms with Gasteiger partial charge >= 0.3 is 0 Å². The van der Waals surface area contributed by atoms with Crippen molar-refractivity contribution in [3.8, 4) is 0 Å². The van der Waals surface area contributed by atoms with Crippen LogP contribution in [0, 0.1) is 0 Å². The van der Waals surface area contributed by atoms with Gasteiger partial charge in [0.15, 0.2) is 11.8 Å². The van der Waals surface area contributed by atoms with Crippen LogP contribution >= 0.6 is 0 Å². The van der Waals surface area contributed by atoms with Gasteiger partial charge in [-0.2, -0.15) is 0 Å². The second-order valence-corrected chi connectivity index (χ2v) is 7.23. The van der Waals surface area contributed by atoms with Crippen molar-refractivity contribution in [3.05, 3.63) is 70.8 Å². The Kier molecular flexibility index (Phi) is 2.70. The van der Waals surface area contributed by atoms with Crippen LogP contribution in [0.3, 0.4) is 0 Å². The quantitative estimate of drug-likeness (QED) is 0.845. The summed E-state index contributed by atoms with van der Waals surface area (Å²) in [5.74, 6) is 1.55. The second kappa shape index (κ2) is 4.94. The van der Waals surface area contributed by atoms with Gasteiger partial charge in [0.1, 0.15) is 24.3 Å². The molecule has 0 amide bonds. The number of rotatable bonds is 2. The fraction of sp³-hybridized carbons (Fsp3) is 0.333. The highest BCUT2D eigenvalue weighted by Crippen LogP contribution is 2.42. The zero-order chi connectivity index (χ0) is 16.4. The monoisotopic (exact) mass is 330 g/mol. The lowest BCUT2D eigenvalue weighted by molar-refractivity contribution is 0.192. The molecular weight excluding hydrogens is 312 g/mol. The lowest BCUT2D eigenvalue weighted by Gasteiger charge is -2.10. The SMILES string of the molecule is c1ccc2c(c1)C[C@@H]1OC(CC3=N[C@@H]4c5ccccc5C[C@H]4O3)=N[C@H]21. The van der Waals surface area contributed by atoms with E-state index in [0.717, 1.165) is 24.6 Å². The molecule has 0 fully saturated rings. The molecule has 2 aromatic carbocycles. The lowest BCUT2D eigenvalue weighted by Crippen LogP contribution is -2.17.